The third-order valence-corrected chi connectivity index (χ3v) is 4.61. The summed E-state index contributed by atoms with van der Waals surface area (Å²) in [7, 11) is 0. The first kappa shape index (κ1) is 15.9. The molecule has 23 heavy (non-hydrogen) atoms. The highest BCUT2D eigenvalue weighted by molar-refractivity contribution is 5.70. The van der Waals surface area contributed by atoms with Crippen LogP contribution in [-0.4, -0.2) is 34.6 Å². The highest BCUT2D eigenvalue weighted by Gasteiger charge is 2.20. The molecule has 1 saturated heterocycles. The van der Waals surface area contributed by atoms with E-state index in [-0.39, 0.29) is 0 Å². The van der Waals surface area contributed by atoms with Gasteiger partial charge in [0.2, 0.25) is 0 Å². The predicted molar refractivity (Wildman–Crippen MR) is 93.7 cm³/mol. The zero-order valence-corrected chi connectivity index (χ0v) is 13.8. The number of para-hydroxylation sites is 2. The summed E-state index contributed by atoms with van der Waals surface area (Å²) in [6, 6.07) is 8.48. The van der Waals surface area contributed by atoms with Gasteiger partial charge in [-0.15, -0.1) is 0 Å². The molecule has 0 bridgehead atoms. The second-order valence-electron chi connectivity index (χ2n) is 6.19. The number of rotatable bonds is 6. The molecule has 0 radical (unpaired) electrons. The van der Waals surface area contributed by atoms with Crippen LogP contribution in [0.3, 0.4) is 0 Å². The fraction of sp³-hybridized carbons (Fsp3) is 0.500. The lowest BCUT2D eigenvalue weighted by Gasteiger charge is -2.34. The van der Waals surface area contributed by atoms with Gasteiger partial charge in [0.15, 0.2) is 0 Å². The van der Waals surface area contributed by atoms with Gasteiger partial charge < -0.3 is 15.3 Å². The van der Waals surface area contributed by atoms with Gasteiger partial charge >= 0.3 is 0 Å². The highest BCUT2D eigenvalue weighted by Crippen LogP contribution is 2.30. The van der Waals surface area contributed by atoms with Gasteiger partial charge in [-0.05, 0) is 37.8 Å². The maximum Gasteiger partial charge on any atom is 0.0602 e. The van der Waals surface area contributed by atoms with Gasteiger partial charge in [-0.3, -0.25) is 4.68 Å². The van der Waals surface area contributed by atoms with Crippen molar-refractivity contribution in [1.82, 2.24) is 9.78 Å². The van der Waals surface area contributed by atoms with Crippen molar-refractivity contribution in [2.75, 3.05) is 29.9 Å². The van der Waals surface area contributed by atoms with Crippen LogP contribution in [0.4, 0.5) is 11.4 Å². The zero-order valence-electron chi connectivity index (χ0n) is 13.8. The average molecular weight is 314 g/mol. The first-order valence-corrected chi connectivity index (χ1v) is 8.50. The van der Waals surface area contributed by atoms with Gasteiger partial charge in [-0.2, -0.15) is 5.10 Å². The normalized spacial score (nSPS) is 15.8. The van der Waals surface area contributed by atoms with Crippen LogP contribution in [0.5, 0.6) is 0 Å². The first-order valence-electron chi connectivity index (χ1n) is 8.50. The lowest BCUT2D eigenvalue weighted by Crippen LogP contribution is -2.35. The van der Waals surface area contributed by atoms with Crippen molar-refractivity contribution < 1.29 is 5.11 Å². The Hall–Kier alpha value is -2.01. The van der Waals surface area contributed by atoms with E-state index >= 15 is 0 Å². The average Bonchev–Trinajstić information content (AvgIpc) is 3.08. The van der Waals surface area contributed by atoms with E-state index in [0.29, 0.717) is 12.5 Å². The molecule has 2 N–H and O–H groups in total. The fourth-order valence-corrected chi connectivity index (χ4v) is 3.12. The minimum Gasteiger partial charge on any atom is -0.396 e. The van der Waals surface area contributed by atoms with Crippen LogP contribution in [0.1, 0.15) is 25.3 Å². The molecule has 2 heterocycles. The van der Waals surface area contributed by atoms with Gasteiger partial charge in [-0.1, -0.05) is 12.1 Å². The van der Waals surface area contributed by atoms with Crippen LogP contribution in [0.25, 0.3) is 0 Å². The Morgan fingerprint density at radius 2 is 2.04 bits per heavy atom. The Kier molecular flexibility index (Phi) is 5.18. The highest BCUT2D eigenvalue weighted by atomic mass is 16.3. The van der Waals surface area contributed by atoms with E-state index in [0.717, 1.165) is 39.0 Å². The number of nitrogens with one attached hydrogen (secondary N) is 1. The van der Waals surface area contributed by atoms with Crippen LogP contribution in [0.2, 0.25) is 0 Å². The number of piperidine rings is 1. The van der Waals surface area contributed by atoms with E-state index in [9.17, 15) is 5.11 Å². The van der Waals surface area contributed by atoms with Gasteiger partial charge in [0, 0.05) is 44.5 Å². The molecule has 0 spiro atoms. The number of anilines is 2. The molecular formula is C18H26N4O. The lowest BCUT2D eigenvalue weighted by atomic mass is 9.97. The quantitative estimate of drug-likeness (QED) is 0.861. The summed E-state index contributed by atoms with van der Waals surface area (Å²) in [4.78, 5) is 2.42. The van der Waals surface area contributed by atoms with E-state index in [1.807, 2.05) is 10.9 Å². The summed E-state index contributed by atoms with van der Waals surface area (Å²) in [5.74, 6) is 0.464. The van der Waals surface area contributed by atoms with Gasteiger partial charge in [0.1, 0.15) is 0 Å². The largest absolute Gasteiger partial charge is 0.396 e. The third-order valence-electron chi connectivity index (χ3n) is 4.61. The summed E-state index contributed by atoms with van der Waals surface area (Å²) in [6.45, 7) is 6.11. The Labute approximate surface area is 137 Å². The topological polar surface area (TPSA) is 53.3 Å². The molecule has 5 nitrogen and oxygen atoms in total. The number of hydrogen-bond acceptors (Lipinski definition) is 4. The molecule has 1 aromatic heterocycles. The molecular weight excluding hydrogens is 288 g/mol. The van der Waals surface area contributed by atoms with Crippen molar-refractivity contribution in [2.45, 2.75) is 32.9 Å². The third kappa shape index (κ3) is 3.85. The van der Waals surface area contributed by atoms with Crippen molar-refractivity contribution in [3.05, 3.63) is 42.2 Å². The van der Waals surface area contributed by atoms with Crippen molar-refractivity contribution in [1.29, 1.82) is 0 Å². The maximum absolute atomic E-state index is 9.30. The van der Waals surface area contributed by atoms with E-state index in [4.69, 9.17) is 0 Å². The molecule has 1 aliphatic rings. The fourth-order valence-electron chi connectivity index (χ4n) is 3.12. The van der Waals surface area contributed by atoms with Crippen molar-refractivity contribution in [3.63, 3.8) is 0 Å². The van der Waals surface area contributed by atoms with E-state index in [1.165, 1.54) is 16.9 Å². The van der Waals surface area contributed by atoms with E-state index < -0.39 is 0 Å². The van der Waals surface area contributed by atoms with Crippen molar-refractivity contribution in [2.24, 2.45) is 5.92 Å². The van der Waals surface area contributed by atoms with Crippen LogP contribution >= 0.6 is 0 Å². The predicted octanol–water partition coefficient (Wildman–Crippen LogP) is 2.72. The molecule has 0 saturated carbocycles. The second-order valence-corrected chi connectivity index (χ2v) is 6.19. The second kappa shape index (κ2) is 7.51. The maximum atomic E-state index is 9.30. The SMILES string of the molecule is CCn1cc(CNc2ccccc2N2CCC(CO)CC2)cn1. The smallest absolute Gasteiger partial charge is 0.0602 e. The minimum absolute atomic E-state index is 0.315. The first-order chi connectivity index (χ1) is 11.3. The lowest BCUT2D eigenvalue weighted by molar-refractivity contribution is 0.203. The number of aryl methyl sites for hydroxylation is 1. The monoisotopic (exact) mass is 314 g/mol. The molecule has 0 unspecified atom stereocenters. The summed E-state index contributed by atoms with van der Waals surface area (Å²) in [6.07, 6.45) is 6.14. The molecule has 1 aliphatic heterocycles. The Bertz CT molecular complexity index is 617. The van der Waals surface area contributed by atoms with E-state index in [2.05, 4.69) is 52.7 Å². The number of aliphatic hydroxyl groups excluding tert-OH is 1. The summed E-state index contributed by atoms with van der Waals surface area (Å²) in [5, 5.41) is 17.2. The number of hydrogen-bond donors (Lipinski definition) is 2. The van der Waals surface area contributed by atoms with Gasteiger partial charge in [0.05, 0.1) is 17.6 Å². The van der Waals surface area contributed by atoms with Crippen molar-refractivity contribution >= 4 is 11.4 Å². The number of benzene rings is 1. The van der Waals surface area contributed by atoms with Gasteiger partial charge in [0.25, 0.3) is 0 Å². The number of nitrogens with zero attached hydrogens (tertiary/aromatic N) is 3. The molecule has 5 heteroatoms. The Balaban J connectivity index is 1.66. The zero-order chi connectivity index (χ0) is 16.1. The Morgan fingerprint density at radius 1 is 1.26 bits per heavy atom. The summed E-state index contributed by atoms with van der Waals surface area (Å²) < 4.78 is 1.95. The molecule has 124 valence electrons. The van der Waals surface area contributed by atoms with Crippen LogP contribution in [0.15, 0.2) is 36.7 Å². The number of aliphatic hydroxyl groups is 1. The standard InChI is InChI=1S/C18H26N4O/c1-2-22-13-16(12-20-22)11-19-17-5-3-4-6-18(17)21-9-7-15(14-23)8-10-21/h3-6,12-13,15,19,23H,2,7-11,14H2,1H3. The van der Waals surface area contributed by atoms with Crippen LogP contribution < -0.4 is 10.2 Å². The molecule has 0 amide bonds. The molecule has 0 atom stereocenters. The summed E-state index contributed by atoms with van der Waals surface area (Å²) in [5.41, 5.74) is 3.62. The van der Waals surface area contributed by atoms with Crippen molar-refractivity contribution in [3.8, 4) is 0 Å². The molecule has 1 fully saturated rings. The van der Waals surface area contributed by atoms with E-state index in [1.54, 1.807) is 0 Å². The van der Waals surface area contributed by atoms with Gasteiger partial charge in [-0.25, -0.2) is 0 Å². The number of aromatic nitrogens is 2. The summed E-state index contributed by atoms with van der Waals surface area (Å²) >= 11 is 0. The molecule has 2 aromatic rings. The molecule has 1 aromatic carbocycles. The molecule has 3 rings (SSSR count). The Morgan fingerprint density at radius 3 is 2.74 bits per heavy atom. The molecule has 0 aliphatic carbocycles. The van der Waals surface area contributed by atoms with Crippen LogP contribution in [-0.2, 0) is 13.1 Å². The minimum atomic E-state index is 0.315. The van der Waals surface area contributed by atoms with Crippen LogP contribution in [0, 0.1) is 5.92 Å².